The summed E-state index contributed by atoms with van der Waals surface area (Å²) in [5, 5.41) is 9.71. The van der Waals surface area contributed by atoms with Crippen molar-refractivity contribution in [2.45, 2.75) is 30.4 Å². The lowest BCUT2D eigenvalue weighted by atomic mass is 10.2. The zero-order valence-electron chi connectivity index (χ0n) is 16.9. The number of carbonyl (C=O) groups excluding carboxylic acids is 1. The Labute approximate surface area is 187 Å². The molecule has 2 N–H and O–H groups in total. The number of nitrogens with zero attached hydrogens (tertiary/aromatic N) is 2. The van der Waals surface area contributed by atoms with Gasteiger partial charge in [0, 0.05) is 42.7 Å². The highest BCUT2D eigenvalue weighted by atomic mass is 35.5. The third kappa shape index (κ3) is 6.41. The first-order chi connectivity index (χ1) is 14.7. The quantitative estimate of drug-likeness (QED) is 0.330. The highest BCUT2D eigenvalue weighted by Crippen LogP contribution is 2.30. The van der Waals surface area contributed by atoms with Crippen molar-refractivity contribution < 1.29 is 18.1 Å². The average molecular weight is 467 g/mol. The maximum absolute atomic E-state index is 13.3. The molecule has 10 heteroatoms. The van der Waals surface area contributed by atoms with E-state index in [1.807, 2.05) is 25.1 Å². The van der Waals surface area contributed by atoms with Crippen LogP contribution in [-0.4, -0.2) is 29.1 Å². The number of rotatable bonds is 9. The number of anilines is 1. The Morgan fingerprint density at radius 3 is 2.71 bits per heavy atom. The fourth-order valence-electron chi connectivity index (χ4n) is 2.67. The molecule has 1 amide bonds. The third-order valence-corrected chi connectivity index (χ3v) is 5.61. The first-order valence-electron chi connectivity index (χ1n) is 9.44. The number of amides is 1. The van der Waals surface area contributed by atoms with E-state index < -0.39 is 5.92 Å². The molecule has 0 aliphatic heterocycles. The van der Waals surface area contributed by atoms with Crippen molar-refractivity contribution >= 4 is 35.1 Å². The van der Waals surface area contributed by atoms with E-state index in [4.69, 9.17) is 16.1 Å². The predicted molar refractivity (Wildman–Crippen MR) is 117 cm³/mol. The smallest absolute Gasteiger partial charge is 0.272 e. The number of alkyl halides is 2. The molecule has 0 saturated carbocycles. The minimum absolute atomic E-state index is 0.0924. The number of benzene rings is 1. The van der Waals surface area contributed by atoms with Gasteiger partial charge in [0.2, 0.25) is 0 Å². The van der Waals surface area contributed by atoms with Crippen molar-refractivity contribution in [1.82, 2.24) is 15.5 Å². The van der Waals surface area contributed by atoms with Crippen LogP contribution in [0.5, 0.6) is 0 Å². The van der Waals surface area contributed by atoms with Crippen LogP contribution in [0.3, 0.4) is 0 Å². The molecule has 3 aromatic rings. The van der Waals surface area contributed by atoms with Gasteiger partial charge < -0.3 is 15.2 Å². The maximum atomic E-state index is 13.3. The van der Waals surface area contributed by atoms with Crippen LogP contribution < -0.4 is 10.6 Å². The van der Waals surface area contributed by atoms with E-state index in [1.165, 1.54) is 17.8 Å². The van der Waals surface area contributed by atoms with Gasteiger partial charge in [0.25, 0.3) is 11.8 Å². The molecule has 0 spiro atoms. The Morgan fingerprint density at radius 1 is 1.26 bits per heavy atom. The Balaban J connectivity index is 1.52. The Bertz CT molecular complexity index is 1060. The largest absolute Gasteiger partial charge is 0.367 e. The molecule has 0 saturated heterocycles. The molecule has 2 aromatic heterocycles. The first kappa shape index (κ1) is 23.0. The normalized spacial score (nSPS) is 11.4. The molecule has 31 heavy (non-hydrogen) atoms. The van der Waals surface area contributed by atoms with Crippen molar-refractivity contribution in [2.24, 2.45) is 0 Å². The van der Waals surface area contributed by atoms with Crippen LogP contribution in [0.4, 0.5) is 14.6 Å². The summed E-state index contributed by atoms with van der Waals surface area (Å²) >= 11 is 7.50. The number of nitrogens with one attached hydrogen (secondary N) is 2. The fraction of sp³-hybridized carbons (Fsp3) is 0.286. The summed E-state index contributed by atoms with van der Waals surface area (Å²) < 4.78 is 31.9. The molecular formula is C21H21ClF2N4O2S. The zero-order valence-corrected chi connectivity index (χ0v) is 18.5. The molecule has 0 unspecified atom stereocenters. The standard InChI is InChI=1S/C21H21ClF2N4O2S/c1-13-9-15(30-28-13)12-31-18-6-4-3-5-16(18)20(29)26-8-7-25-19-17(22)10-14(11-27-19)21(2,23)24/h3-6,9-11H,7-8,12H2,1-2H3,(H,25,27)(H,26,29). The Morgan fingerprint density at radius 2 is 2.03 bits per heavy atom. The molecule has 2 heterocycles. The summed E-state index contributed by atoms with van der Waals surface area (Å²) in [7, 11) is 0. The van der Waals surface area contributed by atoms with Crippen molar-refractivity contribution in [3.05, 3.63) is 70.2 Å². The van der Waals surface area contributed by atoms with Gasteiger partial charge in [-0.2, -0.15) is 0 Å². The Hall–Kier alpha value is -2.65. The van der Waals surface area contributed by atoms with Crippen molar-refractivity contribution in [1.29, 1.82) is 0 Å². The topological polar surface area (TPSA) is 80.0 Å². The lowest BCUT2D eigenvalue weighted by Gasteiger charge is -2.13. The minimum Gasteiger partial charge on any atom is -0.367 e. The van der Waals surface area contributed by atoms with Gasteiger partial charge in [0.05, 0.1) is 22.0 Å². The lowest BCUT2D eigenvalue weighted by Crippen LogP contribution is -2.29. The Kier molecular flexibility index (Phi) is 7.50. The second-order valence-electron chi connectivity index (χ2n) is 6.84. The van der Waals surface area contributed by atoms with Gasteiger partial charge in [0.15, 0.2) is 0 Å². The monoisotopic (exact) mass is 466 g/mol. The summed E-state index contributed by atoms with van der Waals surface area (Å²) in [6.07, 6.45) is 1.08. The molecule has 164 valence electrons. The van der Waals surface area contributed by atoms with Crippen LogP contribution in [0, 0.1) is 6.92 Å². The molecule has 0 radical (unpaired) electrons. The zero-order chi connectivity index (χ0) is 22.4. The molecule has 1 aromatic carbocycles. The average Bonchev–Trinajstić information content (AvgIpc) is 3.15. The van der Waals surface area contributed by atoms with Gasteiger partial charge in [-0.05, 0) is 25.1 Å². The van der Waals surface area contributed by atoms with Crippen LogP contribution in [0.15, 0.2) is 52.0 Å². The first-order valence-corrected chi connectivity index (χ1v) is 10.8. The SMILES string of the molecule is Cc1cc(CSc2ccccc2C(=O)NCCNc2ncc(C(C)(F)F)cc2Cl)on1. The van der Waals surface area contributed by atoms with Crippen LogP contribution in [0.2, 0.25) is 5.02 Å². The van der Waals surface area contributed by atoms with E-state index in [1.54, 1.807) is 12.1 Å². The highest BCUT2D eigenvalue weighted by Gasteiger charge is 2.25. The summed E-state index contributed by atoms with van der Waals surface area (Å²) in [5.41, 5.74) is 1.10. The van der Waals surface area contributed by atoms with Crippen LogP contribution >= 0.6 is 23.4 Å². The van der Waals surface area contributed by atoms with E-state index in [0.29, 0.717) is 24.4 Å². The summed E-state index contributed by atoms with van der Waals surface area (Å²) in [6, 6.07) is 10.3. The van der Waals surface area contributed by atoms with Crippen LogP contribution in [0.1, 0.15) is 34.3 Å². The number of aryl methyl sites for hydroxylation is 1. The van der Waals surface area contributed by atoms with Crippen molar-refractivity contribution in [2.75, 3.05) is 18.4 Å². The van der Waals surface area contributed by atoms with Gasteiger partial charge in [0.1, 0.15) is 11.6 Å². The molecule has 6 nitrogen and oxygen atoms in total. The maximum Gasteiger partial charge on any atom is 0.272 e. The summed E-state index contributed by atoms with van der Waals surface area (Å²) in [5.74, 6) is -1.66. The predicted octanol–water partition coefficient (Wildman–Crippen LogP) is 5.28. The number of pyridine rings is 1. The number of carbonyl (C=O) groups is 1. The number of thioether (sulfide) groups is 1. The molecule has 0 aliphatic carbocycles. The fourth-order valence-corrected chi connectivity index (χ4v) is 3.83. The van der Waals surface area contributed by atoms with Gasteiger partial charge in [-0.3, -0.25) is 4.79 Å². The van der Waals surface area contributed by atoms with E-state index >= 15 is 0 Å². The number of hydrogen-bond acceptors (Lipinski definition) is 6. The molecule has 3 rings (SSSR count). The molecule has 0 fully saturated rings. The van der Waals surface area contributed by atoms with Gasteiger partial charge in [-0.25, -0.2) is 13.8 Å². The van der Waals surface area contributed by atoms with Gasteiger partial charge in [-0.1, -0.05) is 28.9 Å². The third-order valence-electron chi connectivity index (χ3n) is 4.23. The molecule has 0 bridgehead atoms. The van der Waals surface area contributed by atoms with Crippen LogP contribution in [0.25, 0.3) is 0 Å². The summed E-state index contributed by atoms with van der Waals surface area (Å²) in [6.45, 7) is 3.25. The van der Waals surface area contributed by atoms with Crippen molar-refractivity contribution in [3.63, 3.8) is 0 Å². The lowest BCUT2D eigenvalue weighted by molar-refractivity contribution is 0.0171. The van der Waals surface area contributed by atoms with E-state index in [2.05, 4.69) is 20.8 Å². The second kappa shape index (κ2) is 10.1. The molecule has 0 aliphatic rings. The van der Waals surface area contributed by atoms with E-state index in [-0.39, 0.29) is 22.3 Å². The second-order valence-corrected chi connectivity index (χ2v) is 8.27. The number of hydrogen-bond donors (Lipinski definition) is 2. The highest BCUT2D eigenvalue weighted by molar-refractivity contribution is 7.98. The number of aromatic nitrogens is 2. The van der Waals surface area contributed by atoms with E-state index in [9.17, 15) is 13.6 Å². The van der Waals surface area contributed by atoms with Gasteiger partial charge >= 0.3 is 0 Å². The minimum atomic E-state index is -3.01. The van der Waals surface area contributed by atoms with E-state index in [0.717, 1.165) is 29.5 Å². The van der Waals surface area contributed by atoms with Crippen molar-refractivity contribution in [3.8, 4) is 0 Å². The van der Waals surface area contributed by atoms with Gasteiger partial charge in [-0.15, -0.1) is 11.8 Å². The molecular weight excluding hydrogens is 446 g/mol. The number of halogens is 3. The summed E-state index contributed by atoms with van der Waals surface area (Å²) in [4.78, 5) is 17.4. The molecule has 0 atom stereocenters. The van der Waals surface area contributed by atoms with Crippen LogP contribution in [-0.2, 0) is 11.7 Å².